The topological polar surface area (TPSA) is 61.3 Å². The Bertz CT molecular complexity index is 876. The number of para-hydroxylation sites is 1. The third-order valence-electron chi connectivity index (χ3n) is 5.26. The fraction of sp³-hybridized carbons (Fsp3) is 0.364. The van der Waals surface area contributed by atoms with Crippen molar-refractivity contribution in [2.24, 2.45) is 5.92 Å². The quantitative estimate of drug-likeness (QED) is 0.703. The predicted octanol–water partition coefficient (Wildman–Crippen LogP) is 3.49. The summed E-state index contributed by atoms with van der Waals surface area (Å²) >= 11 is 0. The molecule has 0 bridgehead atoms. The molecule has 0 unspecified atom stereocenters. The van der Waals surface area contributed by atoms with Gasteiger partial charge >= 0.3 is 0 Å². The summed E-state index contributed by atoms with van der Waals surface area (Å²) in [4.78, 5) is 11.8. The molecule has 0 aliphatic carbocycles. The Morgan fingerprint density at radius 2 is 1.70 bits per heavy atom. The first-order chi connectivity index (χ1) is 13.3. The van der Waals surface area contributed by atoms with Crippen LogP contribution in [0.1, 0.15) is 18.4 Å². The largest absolute Gasteiger partial charge is 0.395 e. The van der Waals surface area contributed by atoms with E-state index in [-0.39, 0.29) is 6.61 Å². The lowest BCUT2D eigenvalue weighted by atomic mass is 9.90. The molecule has 0 spiro atoms. The van der Waals surface area contributed by atoms with Crippen LogP contribution in [-0.2, 0) is 6.42 Å². The Labute approximate surface area is 160 Å². The second-order valence-corrected chi connectivity index (χ2v) is 7.16. The third kappa shape index (κ3) is 4.19. The maximum absolute atomic E-state index is 9.15. The standard InChI is InChI=1S/C22H26N4O/c27-15-12-23-21-19-8-4-5-9-20(19)24-22(25-21)26-13-10-18(11-14-26)16-17-6-2-1-3-7-17/h1-9,18,27H,10-16H2,(H,23,24,25). The van der Waals surface area contributed by atoms with Gasteiger partial charge in [-0.15, -0.1) is 0 Å². The number of benzene rings is 2. The summed E-state index contributed by atoms with van der Waals surface area (Å²) in [5, 5.41) is 13.4. The van der Waals surface area contributed by atoms with Crippen LogP contribution < -0.4 is 10.2 Å². The van der Waals surface area contributed by atoms with Crippen LogP contribution in [0.2, 0.25) is 0 Å². The van der Waals surface area contributed by atoms with Crippen molar-refractivity contribution >= 4 is 22.7 Å². The van der Waals surface area contributed by atoms with Gasteiger partial charge in [-0.05, 0) is 42.9 Å². The van der Waals surface area contributed by atoms with Gasteiger partial charge in [0.2, 0.25) is 5.95 Å². The van der Waals surface area contributed by atoms with Crippen LogP contribution in [0.15, 0.2) is 54.6 Å². The number of piperidine rings is 1. The summed E-state index contributed by atoms with van der Waals surface area (Å²) < 4.78 is 0. The fourth-order valence-corrected chi connectivity index (χ4v) is 3.80. The van der Waals surface area contributed by atoms with Crippen LogP contribution in [0.4, 0.5) is 11.8 Å². The van der Waals surface area contributed by atoms with Crippen molar-refractivity contribution in [2.75, 3.05) is 36.5 Å². The molecule has 1 aromatic heterocycles. The maximum Gasteiger partial charge on any atom is 0.227 e. The van der Waals surface area contributed by atoms with Crippen LogP contribution in [-0.4, -0.2) is 41.3 Å². The lowest BCUT2D eigenvalue weighted by Gasteiger charge is -2.32. The molecule has 2 heterocycles. The number of aliphatic hydroxyl groups is 1. The van der Waals surface area contributed by atoms with E-state index in [1.807, 2.05) is 24.3 Å². The number of nitrogens with zero attached hydrogens (tertiary/aromatic N) is 3. The van der Waals surface area contributed by atoms with Gasteiger partial charge in [0.25, 0.3) is 0 Å². The maximum atomic E-state index is 9.15. The Kier molecular flexibility index (Phi) is 5.49. The highest BCUT2D eigenvalue weighted by molar-refractivity contribution is 5.90. The van der Waals surface area contributed by atoms with Crippen molar-refractivity contribution in [1.29, 1.82) is 0 Å². The minimum Gasteiger partial charge on any atom is -0.395 e. The summed E-state index contributed by atoms with van der Waals surface area (Å²) in [5.41, 5.74) is 2.36. The molecule has 140 valence electrons. The van der Waals surface area contributed by atoms with Crippen molar-refractivity contribution in [1.82, 2.24) is 9.97 Å². The molecule has 1 aliphatic heterocycles. The highest BCUT2D eigenvalue weighted by Crippen LogP contribution is 2.27. The summed E-state index contributed by atoms with van der Waals surface area (Å²) in [7, 11) is 0. The second-order valence-electron chi connectivity index (χ2n) is 7.16. The van der Waals surface area contributed by atoms with Crippen LogP contribution >= 0.6 is 0 Å². The fourth-order valence-electron chi connectivity index (χ4n) is 3.80. The van der Waals surface area contributed by atoms with Crippen LogP contribution in [0.25, 0.3) is 10.9 Å². The highest BCUT2D eigenvalue weighted by atomic mass is 16.3. The normalized spacial score (nSPS) is 15.2. The van der Waals surface area contributed by atoms with Gasteiger partial charge in [-0.25, -0.2) is 4.98 Å². The summed E-state index contributed by atoms with van der Waals surface area (Å²) in [5.74, 6) is 2.31. The lowest BCUT2D eigenvalue weighted by molar-refractivity contribution is 0.311. The zero-order chi connectivity index (χ0) is 18.5. The highest BCUT2D eigenvalue weighted by Gasteiger charge is 2.22. The summed E-state index contributed by atoms with van der Waals surface area (Å²) in [6.07, 6.45) is 3.46. The lowest BCUT2D eigenvalue weighted by Crippen LogP contribution is -2.35. The number of aromatic nitrogens is 2. The molecule has 3 aromatic rings. The van der Waals surface area contributed by atoms with E-state index >= 15 is 0 Å². The molecule has 0 radical (unpaired) electrons. The van der Waals surface area contributed by atoms with E-state index in [2.05, 4.69) is 40.5 Å². The van der Waals surface area contributed by atoms with E-state index in [1.165, 1.54) is 5.56 Å². The van der Waals surface area contributed by atoms with Gasteiger partial charge in [0, 0.05) is 25.0 Å². The first kappa shape index (κ1) is 17.7. The molecule has 0 atom stereocenters. The molecule has 0 saturated carbocycles. The van der Waals surface area contributed by atoms with E-state index in [9.17, 15) is 0 Å². The SMILES string of the molecule is OCCNc1nc(N2CCC(Cc3ccccc3)CC2)nc2ccccc12. The first-order valence-electron chi connectivity index (χ1n) is 9.74. The molecule has 5 heteroatoms. The Hall–Kier alpha value is -2.66. The second kappa shape index (κ2) is 8.35. The van der Waals surface area contributed by atoms with Gasteiger partial charge < -0.3 is 15.3 Å². The minimum absolute atomic E-state index is 0.0819. The molecule has 4 rings (SSSR count). The van der Waals surface area contributed by atoms with E-state index in [0.29, 0.717) is 6.54 Å². The van der Waals surface area contributed by atoms with E-state index < -0.39 is 0 Å². The smallest absolute Gasteiger partial charge is 0.227 e. The van der Waals surface area contributed by atoms with Crippen molar-refractivity contribution in [3.63, 3.8) is 0 Å². The van der Waals surface area contributed by atoms with Gasteiger partial charge in [0.15, 0.2) is 0 Å². The number of rotatable bonds is 6. The third-order valence-corrected chi connectivity index (χ3v) is 5.26. The molecular formula is C22H26N4O. The van der Waals surface area contributed by atoms with E-state index in [0.717, 1.165) is 60.9 Å². The predicted molar refractivity (Wildman–Crippen MR) is 110 cm³/mol. The number of nitrogens with one attached hydrogen (secondary N) is 1. The molecule has 1 aliphatic rings. The van der Waals surface area contributed by atoms with E-state index in [1.54, 1.807) is 0 Å². The zero-order valence-corrected chi connectivity index (χ0v) is 15.5. The first-order valence-corrected chi connectivity index (χ1v) is 9.74. The average Bonchev–Trinajstić information content (AvgIpc) is 2.73. The number of fused-ring (bicyclic) bond motifs is 1. The molecule has 2 aromatic carbocycles. The van der Waals surface area contributed by atoms with Gasteiger partial charge in [0.1, 0.15) is 5.82 Å². The number of hydrogen-bond acceptors (Lipinski definition) is 5. The summed E-state index contributed by atoms with van der Waals surface area (Å²) in [6, 6.07) is 18.8. The molecular weight excluding hydrogens is 336 g/mol. The molecule has 1 fully saturated rings. The van der Waals surface area contributed by atoms with Crippen molar-refractivity contribution in [3.05, 3.63) is 60.2 Å². The average molecular weight is 362 g/mol. The number of aliphatic hydroxyl groups excluding tert-OH is 1. The zero-order valence-electron chi connectivity index (χ0n) is 15.5. The summed E-state index contributed by atoms with van der Waals surface area (Å²) in [6.45, 7) is 2.53. The van der Waals surface area contributed by atoms with Crippen LogP contribution in [0.3, 0.4) is 0 Å². The van der Waals surface area contributed by atoms with Crippen molar-refractivity contribution in [2.45, 2.75) is 19.3 Å². The minimum atomic E-state index is 0.0819. The Balaban J connectivity index is 1.48. The molecule has 27 heavy (non-hydrogen) atoms. The van der Waals surface area contributed by atoms with Gasteiger partial charge in [-0.3, -0.25) is 0 Å². The number of anilines is 2. The number of hydrogen-bond donors (Lipinski definition) is 2. The Morgan fingerprint density at radius 3 is 2.48 bits per heavy atom. The van der Waals surface area contributed by atoms with Crippen LogP contribution in [0, 0.1) is 5.92 Å². The van der Waals surface area contributed by atoms with E-state index in [4.69, 9.17) is 15.1 Å². The molecule has 0 amide bonds. The van der Waals surface area contributed by atoms with Gasteiger partial charge in [-0.2, -0.15) is 4.98 Å². The van der Waals surface area contributed by atoms with Gasteiger partial charge in [0.05, 0.1) is 12.1 Å². The van der Waals surface area contributed by atoms with Crippen molar-refractivity contribution < 1.29 is 5.11 Å². The van der Waals surface area contributed by atoms with Gasteiger partial charge in [-0.1, -0.05) is 42.5 Å². The molecule has 2 N–H and O–H groups in total. The molecule has 1 saturated heterocycles. The molecule has 5 nitrogen and oxygen atoms in total. The monoisotopic (exact) mass is 362 g/mol. The Morgan fingerprint density at radius 1 is 0.963 bits per heavy atom. The van der Waals surface area contributed by atoms with Crippen LogP contribution in [0.5, 0.6) is 0 Å². The van der Waals surface area contributed by atoms with Crippen molar-refractivity contribution in [3.8, 4) is 0 Å².